The van der Waals surface area contributed by atoms with E-state index in [2.05, 4.69) is 10.6 Å². The summed E-state index contributed by atoms with van der Waals surface area (Å²) in [5.41, 5.74) is 4.18. The van der Waals surface area contributed by atoms with Crippen molar-refractivity contribution in [1.82, 2.24) is 0 Å². The molecule has 0 aliphatic carbocycles. The van der Waals surface area contributed by atoms with E-state index in [4.69, 9.17) is 4.74 Å². The number of rotatable bonds is 6. The number of anilines is 2. The van der Waals surface area contributed by atoms with Crippen LogP contribution in [0, 0.1) is 13.8 Å². The number of amides is 2. The molecule has 0 aromatic heterocycles. The quantitative estimate of drug-likeness (QED) is 0.627. The first-order valence-corrected chi connectivity index (χ1v) is 9.44. The Hall–Kier alpha value is -3.60. The van der Waals surface area contributed by atoms with Gasteiger partial charge in [-0.05, 0) is 74.4 Å². The summed E-state index contributed by atoms with van der Waals surface area (Å²) in [6.07, 6.45) is -0.676. The molecule has 0 bridgehead atoms. The number of para-hydroxylation sites is 1. The van der Waals surface area contributed by atoms with Gasteiger partial charge in [0, 0.05) is 16.9 Å². The van der Waals surface area contributed by atoms with E-state index in [9.17, 15) is 9.59 Å². The Morgan fingerprint density at radius 3 is 2.21 bits per heavy atom. The second kappa shape index (κ2) is 9.06. The molecule has 5 heteroatoms. The van der Waals surface area contributed by atoms with Crippen LogP contribution in [0.5, 0.6) is 5.75 Å². The van der Waals surface area contributed by atoms with Crippen molar-refractivity contribution in [2.75, 3.05) is 10.6 Å². The molecule has 29 heavy (non-hydrogen) atoms. The highest BCUT2D eigenvalue weighted by Crippen LogP contribution is 2.20. The lowest BCUT2D eigenvalue weighted by Gasteiger charge is -2.15. The molecule has 2 N–H and O–H groups in total. The number of aryl methyl sites for hydroxylation is 1. The number of carbonyl (C=O) groups is 2. The maximum Gasteiger partial charge on any atom is 0.265 e. The van der Waals surface area contributed by atoms with Crippen molar-refractivity contribution in [3.05, 3.63) is 89.5 Å². The Labute approximate surface area is 170 Å². The monoisotopic (exact) mass is 388 g/mol. The van der Waals surface area contributed by atoms with Gasteiger partial charge in [0.25, 0.3) is 11.8 Å². The molecule has 0 aliphatic heterocycles. The summed E-state index contributed by atoms with van der Waals surface area (Å²) in [5, 5.41) is 5.73. The predicted molar refractivity (Wildman–Crippen MR) is 115 cm³/mol. The minimum atomic E-state index is -0.676. The van der Waals surface area contributed by atoms with Gasteiger partial charge >= 0.3 is 0 Å². The van der Waals surface area contributed by atoms with Crippen molar-refractivity contribution in [1.29, 1.82) is 0 Å². The minimum Gasteiger partial charge on any atom is -0.481 e. The number of ether oxygens (including phenoxy) is 1. The molecule has 3 aromatic rings. The zero-order valence-corrected chi connectivity index (χ0v) is 16.7. The third kappa shape index (κ3) is 5.23. The Morgan fingerprint density at radius 2 is 1.52 bits per heavy atom. The third-order valence-electron chi connectivity index (χ3n) is 4.69. The number of benzene rings is 3. The second-order valence-corrected chi connectivity index (χ2v) is 6.84. The molecule has 3 rings (SSSR count). The van der Waals surface area contributed by atoms with Crippen LogP contribution in [0.1, 0.15) is 28.4 Å². The van der Waals surface area contributed by atoms with E-state index in [1.807, 2.05) is 62.4 Å². The molecular formula is C24H24N2O3. The molecular weight excluding hydrogens is 364 g/mol. The molecule has 0 saturated heterocycles. The van der Waals surface area contributed by atoms with Crippen LogP contribution in [-0.2, 0) is 4.79 Å². The fourth-order valence-corrected chi connectivity index (χ4v) is 2.79. The van der Waals surface area contributed by atoms with Gasteiger partial charge in [-0.15, -0.1) is 0 Å². The van der Waals surface area contributed by atoms with Crippen LogP contribution in [-0.4, -0.2) is 17.9 Å². The Morgan fingerprint density at radius 1 is 0.828 bits per heavy atom. The SMILES string of the molecule is Cc1cccc(NC(=O)c2ccc(O[C@H](C)C(=O)Nc3ccccc3)cc2)c1C. The molecule has 0 spiro atoms. The van der Waals surface area contributed by atoms with Crippen LogP contribution < -0.4 is 15.4 Å². The van der Waals surface area contributed by atoms with E-state index in [-0.39, 0.29) is 11.8 Å². The first-order valence-electron chi connectivity index (χ1n) is 9.44. The molecule has 0 fully saturated rings. The van der Waals surface area contributed by atoms with Crippen LogP contribution in [0.25, 0.3) is 0 Å². The fourth-order valence-electron chi connectivity index (χ4n) is 2.79. The molecule has 148 valence electrons. The summed E-state index contributed by atoms with van der Waals surface area (Å²) in [7, 11) is 0. The smallest absolute Gasteiger partial charge is 0.265 e. The number of carbonyl (C=O) groups excluding carboxylic acids is 2. The van der Waals surface area contributed by atoms with Gasteiger partial charge in [-0.2, -0.15) is 0 Å². The van der Waals surface area contributed by atoms with Crippen LogP contribution in [0.15, 0.2) is 72.8 Å². The van der Waals surface area contributed by atoms with E-state index in [1.165, 1.54) is 0 Å². The molecule has 0 radical (unpaired) electrons. The summed E-state index contributed by atoms with van der Waals surface area (Å²) < 4.78 is 5.69. The molecule has 5 nitrogen and oxygen atoms in total. The average Bonchev–Trinajstić information content (AvgIpc) is 2.72. The van der Waals surface area contributed by atoms with Crippen LogP contribution in [0.2, 0.25) is 0 Å². The largest absolute Gasteiger partial charge is 0.481 e. The zero-order valence-electron chi connectivity index (χ0n) is 16.7. The molecule has 1 atom stereocenters. The third-order valence-corrected chi connectivity index (χ3v) is 4.69. The van der Waals surface area contributed by atoms with E-state index >= 15 is 0 Å². The zero-order chi connectivity index (χ0) is 20.8. The molecule has 0 saturated carbocycles. The topological polar surface area (TPSA) is 67.4 Å². The van der Waals surface area contributed by atoms with E-state index in [0.717, 1.165) is 16.8 Å². The van der Waals surface area contributed by atoms with Crippen molar-refractivity contribution in [2.45, 2.75) is 26.9 Å². The molecule has 0 heterocycles. The predicted octanol–water partition coefficient (Wildman–Crippen LogP) is 4.96. The van der Waals surface area contributed by atoms with Crippen molar-refractivity contribution in [3.8, 4) is 5.75 Å². The molecule has 0 unspecified atom stereocenters. The van der Waals surface area contributed by atoms with Gasteiger partial charge in [0.1, 0.15) is 5.75 Å². The van der Waals surface area contributed by atoms with Crippen LogP contribution in [0.4, 0.5) is 11.4 Å². The van der Waals surface area contributed by atoms with Crippen LogP contribution in [0.3, 0.4) is 0 Å². The second-order valence-electron chi connectivity index (χ2n) is 6.84. The standard InChI is InChI=1S/C24H24N2O3/c1-16-8-7-11-22(17(16)2)26-24(28)19-12-14-21(15-13-19)29-18(3)23(27)25-20-9-5-4-6-10-20/h4-15,18H,1-3H3,(H,25,27)(H,26,28)/t18-/m1/s1. The van der Waals surface area contributed by atoms with Gasteiger partial charge in [0.15, 0.2) is 6.10 Å². The van der Waals surface area contributed by atoms with E-state index in [1.54, 1.807) is 31.2 Å². The molecule has 0 aliphatic rings. The van der Waals surface area contributed by atoms with Crippen molar-refractivity contribution in [3.63, 3.8) is 0 Å². The number of nitrogens with one attached hydrogen (secondary N) is 2. The lowest BCUT2D eigenvalue weighted by Crippen LogP contribution is -2.30. The Bertz CT molecular complexity index is 998. The lowest BCUT2D eigenvalue weighted by molar-refractivity contribution is -0.122. The molecule has 2 amide bonds. The summed E-state index contributed by atoms with van der Waals surface area (Å²) in [5.74, 6) is 0.0806. The number of hydrogen-bond acceptors (Lipinski definition) is 3. The normalized spacial score (nSPS) is 11.4. The van der Waals surface area contributed by atoms with Gasteiger partial charge in [0.2, 0.25) is 0 Å². The minimum absolute atomic E-state index is 0.194. The summed E-state index contributed by atoms with van der Waals surface area (Å²) >= 11 is 0. The fraction of sp³-hybridized carbons (Fsp3) is 0.167. The molecule has 3 aromatic carbocycles. The first kappa shape index (κ1) is 20.1. The van der Waals surface area contributed by atoms with E-state index < -0.39 is 6.10 Å². The van der Waals surface area contributed by atoms with Gasteiger partial charge in [-0.25, -0.2) is 0 Å². The Kier molecular flexibility index (Phi) is 6.29. The van der Waals surface area contributed by atoms with Crippen molar-refractivity contribution < 1.29 is 14.3 Å². The average molecular weight is 388 g/mol. The number of hydrogen-bond donors (Lipinski definition) is 2. The van der Waals surface area contributed by atoms with Gasteiger partial charge in [-0.1, -0.05) is 30.3 Å². The summed E-state index contributed by atoms with van der Waals surface area (Å²) in [6, 6.07) is 21.7. The highest BCUT2D eigenvalue weighted by molar-refractivity contribution is 6.04. The van der Waals surface area contributed by atoms with Gasteiger partial charge in [0.05, 0.1) is 0 Å². The first-order chi connectivity index (χ1) is 13.9. The van der Waals surface area contributed by atoms with Gasteiger partial charge in [-0.3, -0.25) is 9.59 Å². The van der Waals surface area contributed by atoms with Crippen LogP contribution >= 0.6 is 0 Å². The van der Waals surface area contributed by atoms with E-state index in [0.29, 0.717) is 17.0 Å². The van der Waals surface area contributed by atoms with Gasteiger partial charge < -0.3 is 15.4 Å². The van der Waals surface area contributed by atoms with Crippen molar-refractivity contribution >= 4 is 23.2 Å². The van der Waals surface area contributed by atoms with Crippen molar-refractivity contribution in [2.24, 2.45) is 0 Å². The Balaban J connectivity index is 1.60. The highest BCUT2D eigenvalue weighted by Gasteiger charge is 2.15. The highest BCUT2D eigenvalue weighted by atomic mass is 16.5. The summed E-state index contributed by atoms with van der Waals surface area (Å²) in [6.45, 7) is 5.66. The lowest BCUT2D eigenvalue weighted by atomic mass is 10.1. The maximum absolute atomic E-state index is 12.5. The maximum atomic E-state index is 12.5. The summed E-state index contributed by atoms with van der Waals surface area (Å²) in [4.78, 5) is 24.8.